The lowest BCUT2D eigenvalue weighted by Gasteiger charge is -2.03. The van der Waals surface area contributed by atoms with Gasteiger partial charge in [-0.3, -0.25) is 0 Å². The van der Waals surface area contributed by atoms with Gasteiger partial charge in [0.05, 0.1) is 9.72 Å². The number of thiophene rings is 1. The fraction of sp³-hybridized carbons (Fsp3) is 0.0667. The van der Waals surface area contributed by atoms with Crippen molar-refractivity contribution in [3.8, 4) is 11.5 Å². The maximum atomic E-state index is 9.20. The second-order valence-corrected chi connectivity index (χ2v) is 5.70. The van der Waals surface area contributed by atoms with E-state index in [0.717, 1.165) is 25.7 Å². The molecule has 2 nitrogen and oxygen atoms in total. The van der Waals surface area contributed by atoms with E-state index in [1.165, 1.54) is 0 Å². The highest BCUT2D eigenvalue weighted by Gasteiger charge is 2.05. The van der Waals surface area contributed by atoms with Crippen LogP contribution in [0.1, 0.15) is 4.88 Å². The molecule has 2 aromatic carbocycles. The van der Waals surface area contributed by atoms with Crippen LogP contribution >= 0.6 is 22.9 Å². The summed E-state index contributed by atoms with van der Waals surface area (Å²) in [5, 5.41) is 11.1. The van der Waals surface area contributed by atoms with Gasteiger partial charge in [0.15, 0.2) is 0 Å². The molecular weight excluding hydrogens is 280 g/mol. The lowest BCUT2D eigenvalue weighted by molar-refractivity contribution is 0.309. The number of ether oxygens (including phenoxy) is 1. The van der Waals surface area contributed by atoms with E-state index >= 15 is 0 Å². The van der Waals surface area contributed by atoms with Crippen LogP contribution in [0.2, 0.25) is 5.02 Å². The molecule has 1 heterocycles. The fourth-order valence-electron chi connectivity index (χ4n) is 1.85. The Morgan fingerprint density at radius 3 is 2.63 bits per heavy atom. The lowest BCUT2D eigenvalue weighted by Crippen LogP contribution is -1.91. The fourth-order valence-corrected chi connectivity index (χ4v) is 3.12. The molecule has 1 N–H and O–H groups in total. The second kappa shape index (κ2) is 5.11. The van der Waals surface area contributed by atoms with E-state index < -0.39 is 0 Å². The Labute approximate surface area is 119 Å². The minimum Gasteiger partial charge on any atom is -0.508 e. The summed E-state index contributed by atoms with van der Waals surface area (Å²) in [6.45, 7) is 0.500. The highest BCUT2D eigenvalue weighted by atomic mass is 35.5. The first-order valence-corrected chi connectivity index (χ1v) is 7.00. The summed E-state index contributed by atoms with van der Waals surface area (Å²) in [5.74, 6) is 0.974. The number of phenolic OH excluding ortho intramolecular Hbond substituents is 1. The first-order chi connectivity index (χ1) is 9.22. The lowest BCUT2D eigenvalue weighted by atomic mass is 10.2. The molecule has 0 aliphatic heterocycles. The maximum Gasteiger partial charge on any atom is 0.122 e. The van der Waals surface area contributed by atoms with E-state index in [2.05, 4.69) is 6.07 Å². The molecule has 4 heteroatoms. The number of rotatable bonds is 3. The molecule has 0 aliphatic rings. The number of halogens is 1. The van der Waals surface area contributed by atoms with E-state index in [-0.39, 0.29) is 5.75 Å². The van der Waals surface area contributed by atoms with Crippen molar-refractivity contribution in [3.05, 3.63) is 58.4 Å². The van der Waals surface area contributed by atoms with Crippen LogP contribution in [0.5, 0.6) is 11.5 Å². The molecule has 96 valence electrons. The third-order valence-corrected chi connectivity index (χ3v) is 4.35. The van der Waals surface area contributed by atoms with Crippen LogP contribution in [0.4, 0.5) is 0 Å². The van der Waals surface area contributed by atoms with Crippen LogP contribution in [0, 0.1) is 0 Å². The largest absolute Gasteiger partial charge is 0.508 e. The van der Waals surface area contributed by atoms with Gasteiger partial charge in [-0.25, -0.2) is 0 Å². The van der Waals surface area contributed by atoms with Crippen molar-refractivity contribution in [1.82, 2.24) is 0 Å². The van der Waals surface area contributed by atoms with Crippen LogP contribution in [0.15, 0.2) is 48.5 Å². The van der Waals surface area contributed by atoms with Crippen molar-refractivity contribution in [2.24, 2.45) is 0 Å². The summed E-state index contributed by atoms with van der Waals surface area (Å²) < 4.78 is 6.76. The Morgan fingerprint density at radius 1 is 1.11 bits per heavy atom. The Morgan fingerprint density at radius 2 is 1.89 bits per heavy atom. The average Bonchev–Trinajstić information content (AvgIpc) is 2.83. The zero-order valence-corrected chi connectivity index (χ0v) is 11.5. The molecule has 0 bridgehead atoms. The Hall–Kier alpha value is -1.71. The average molecular weight is 291 g/mol. The summed E-state index contributed by atoms with van der Waals surface area (Å²) in [5.41, 5.74) is 0. The monoisotopic (exact) mass is 290 g/mol. The normalized spacial score (nSPS) is 10.8. The van der Waals surface area contributed by atoms with Crippen LogP contribution in [0.25, 0.3) is 10.1 Å². The molecule has 0 atom stereocenters. The molecule has 3 rings (SSSR count). The van der Waals surface area contributed by atoms with Gasteiger partial charge in [-0.15, -0.1) is 11.3 Å². The van der Waals surface area contributed by atoms with E-state index in [0.29, 0.717) is 6.61 Å². The molecule has 0 fully saturated rings. The number of benzene rings is 2. The van der Waals surface area contributed by atoms with Gasteiger partial charge in [0, 0.05) is 4.88 Å². The predicted molar refractivity (Wildman–Crippen MR) is 79.3 cm³/mol. The van der Waals surface area contributed by atoms with Crippen LogP contribution in [0.3, 0.4) is 0 Å². The molecule has 0 spiro atoms. The SMILES string of the molecule is Oc1ccc(OCc2cc3cccc(Cl)c3s2)cc1. The molecule has 0 amide bonds. The van der Waals surface area contributed by atoms with Gasteiger partial charge in [-0.1, -0.05) is 23.7 Å². The van der Waals surface area contributed by atoms with Gasteiger partial charge < -0.3 is 9.84 Å². The zero-order valence-electron chi connectivity index (χ0n) is 9.97. The second-order valence-electron chi connectivity index (χ2n) is 4.15. The van der Waals surface area contributed by atoms with Crippen LogP contribution < -0.4 is 4.74 Å². The van der Waals surface area contributed by atoms with Gasteiger partial charge >= 0.3 is 0 Å². The molecular formula is C15H11ClO2S. The maximum absolute atomic E-state index is 9.20. The summed E-state index contributed by atoms with van der Waals surface area (Å²) in [4.78, 5) is 1.12. The Kier molecular flexibility index (Phi) is 3.32. The predicted octanol–water partition coefficient (Wildman–Crippen LogP) is 4.84. The highest BCUT2D eigenvalue weighted by molar-refractivity contribution is 7.19. The van der Waals surface area contributed by atoms with Crippen molar-refractivity contribution in [2.75, 3.05) is 0 Å². The van der Waals surface area contributed by atoms with Crippen molar-refractivity contribution < 1.29 is 9.84 Å². The van der Waals surface area contributed by atoms with Gasteiger partial charge in [0.25, 0.3) is 0 Å². The molecule has 0 saturated heterocycles. The number of phenols is 1. The molecule has 1 aromatic heterocycles. The quantitative estimate of drug-likeness (QED) is 0.748. The molecule has 0 radical (unpaired) electrons. The summed E-state index contributed by atoms with van der Waals surface area (Å²) in [7, 11) is 0. The molecule has 0 aliphatic carbocycles. The molecule has 0 saturated carbocycles. The van der Waals surface area contributed by atoms with Crippen molar-refractivity contribution in [3.63, 3.8) is 0 Å². The van der Waals surface area contributed by atoms with Gasteiger partial charge in [-0.05, 0) is 41.8 Å². The number of fused-ring (bicyclic) bond motifs is 1. The minimum atomic E-state index is 0.237. The first-order valence-electron chi connectivity index (χ1n) is 5.81. The summed E-state index contributed by atoms with van der Waals surface area (Å²) in [6.07, 6.45) is 0. The highest BCUT2D eigenvalue weighted by Crippen LogP contribution is 2.32. The molecule has 3 aromatic rings. The zero-order chi connectivity index (χ0) is 13.2. The van der Waals surface area contributed by atoms with Gasteiger partial charge in [-0.2, -0.15) is 0 Å². The smallest absolute Gasteiger partial charge is 0.122 e. The van der Waals surface area contributed by atoms with Gasteiger partial charge in [0.2, 0.25) is 0 Å². The third-order valence-electron chi connectivity index (χ3n) is 2.76. The topological polar surface area (TPSA) is 29.5 Å². The molecule has 19 heavy (non-hydrogen) atoms. The van der Waals surface area contributed by atoms with Gasteiger partial charge in [0.1, 0.15) is 18.1 Å². The standard InChI is InChI=1S/C15H11ClO2S/c16-14-3-1-2-10-8-13(19-15(10)14)9-18-12-6-4-11(17)5-7-12/h1-8,17H,9H2. The number of hydrogen-bond acceptors (Lipinski definition) is 3. The first kappa shape index (κ1) is 12.3. The Balaban J connectivity index is 1.78. The van der Waals surface area contributed by atoms with Crippen LogP contribution in [-0.4, -0.2) is 5.11 Å². The summed E-state index contributed by atoms with van der Waals surface area (Å²) >= 11 is 7.79. The van der Waals surface area contributed by atoms with Crippen molar-refractivity contribution >= 4 is 33.0 Å². The number of hydrogen-bond donors (Lipinski definition) is 1. The number of aromatic hydroxyl groups is 1. The minimum absolute atomic E-state index is 0.237. The van der Waals surface area contributed by atoms with E-state index in [4.69, 9.17) is 16.3 Å². The van der Waals surface area contributed by atoms with Crippen LogP contribution in [-0.2, 0) is 6.61 Å². The Bertz CT molecular complexity index is 704. The molecule has 0 unspecified atom stereocenters. The van der Waals surface area contributed by atoms with E-state index in [1.54, 1.807) is 35.6 Å². The van der Waals surface area contributed by atoms with E-state index in [9.17, 15) is 5.11 Å². The third kappa shape index (κ3) is 2.67. The summed E-state index contributed by atoms with van der Waals surface area (Å²) in [6, 6.07) is 14.7. The van der Waals surface area contributed by atoms with Crippen molar-refractivity contribution in [1.29, 1.82) is 0 Å². The van der Waals surface area contributed by atoms with Crippen molar-refractivity contribution in [2.45, 2.75) is 6.61 Å². The van der Waals surface area contributed by atoms with E-state index in [1.807, 2.05) is 18.2 Å².